The number of nitrogens with one attached hydrogen (secondary N) is 1. The molecule has 3 aromatic rings. The number of carbonyl (C=O) groups is 1. The summed E-state index contributed by atoms with van der Waals surface area (Å²) in [6, 6.07) is 10.0. The first-order valence-electron chi connectivity index (χ1n) is 7.38. The molecule has 0 saturated carbocycles. The van der Waals surface area contributed by atoms with Crippen molar-refractivity contribution in [2.75, 3.05) is 6.54 Å². The van der Waals surface area contributed by atoms with E-state index in [1.807, 2.05) is 30.3 Å². The number of fused-ring (bicyclic) bond motifs is 1. The first-order chi connectivity index (χ1) is 11.2. The van der Waals surface area contributed by atoms with Gasteiger partial charge < -0.3 is 9.47 Å². The Balaban J connectivity index is 1.66. The summed E-state index contributed by atoms with van der Waals surface area (Å²) in [7, 11) is 0. The molecule has 8 nitrogen and oxygen atoms in total. The van der Waals surface area contributed by atoms with Gasteiger partial charge in [-0.25, -0.2) is 4.98 Å². The van der Waals surface area contributed by atoms with E-state index < -0.39 is 0 Å². The summed E-state index contributed by atoms with van der Waals surface area (Å²) in [5.41, 5.74) is 1.02. The van der Waals surface area contributed by atoms with Gasteiger partial charge in [0.1, 0.15) is 6.33 Å². The van der Waals surface area contributed by atoms with Crippen molar-refractivity contribution in [1.82, 2.24) is 34.8 Å². The zero-order valence-electron chi connectivity index (χ0n) is 12.5. The van der Waals surface area contributed by atoms with Gasteiger partial charge in [0.15, 0.2) is 11.6 Å². The summed E-state index contributed by atoms with van der Waals surface area (Å²) in [6.45, 7) is 3.03. The maximum absolute atomic E-state index is 12.4. The standard InChI is InChI=1S/C15H15N7O/c1-10-7-21(15(23)13-16-9-17-19-13)8-12-18-20-14(22(10)12)11-5-3-2-4-6-11/h2-6,9-10H,7-8H2,1H3,(H,16,17,19)/t10-/m0/s1. The van der Waals surface area contributed by atoms with Crippen LogP contribution in [0.5, 0.6) is 0 Å². The molecular weight excluding hydrogens is 294 g/mol. The van der Waals surface area contributed by atoms with Crippen molar-refractivity contribution in [3.63, 3.8) is 0 Å². The van der Waals surface area contributed by atoms with Gasteiger partial charge >= 0.3 is 0 Å². The fourth-order valence-corrected chi connectivity index (χ4v) is 2.93. The quantitative estimate of drug-likeness (QED) is 0.770. The van der Waals surface area contributed by atoms with Crippen molar-refractivity contribution in [2.45, 2.75) is 19.5 Å². The lowest BCUT2D eigenvalue weighted by Gasteiger charge is -2.32. The van der Waals surface area contributed by atoms with Crippen molar-refractivity contribution in [3.8, 4) is 11.4 Å². The normalized spacial score (nSPS) is 17.1. The molecule has 2 aromatic heterocycles. The Kier molecular flexibility index (Phi) is 3.14. The fraction of sp³-hybridized carbons (Fsp3) is 0.267. The van der Waals surface area contributed by atoms with Gasteiger partial charge in [-0.15, -0.1) is 10.2 Å². The maximum atomic E-state index is 12.4. The molecule has 0 radical (unpaired) electrons. The van der Waals surface area contributed by atoms with Crippen molar-refractivity contribution in [2.24, 2.45) is 0 Å². The SMILES string of the molecule is C[C@H]1CN(C(=O)c2ncn[nH]2)Cc2nnc(-c3ccccc3)n21. The minimum Gasteiger partial charge on any atom is -0.326 e. The second kappa shape index (κ2) is 5.31. The molecule has 1 amide bonds. The topological polar surface area (TPSA) is 92.6 Å². The van der Waals surface area contributed by atoms with Crippen LogP contribution in [0.25, 0.3) is 11.4 Å². The Bertz CT molecular complexity index is 825. The molecule has 1 N–H and O–H groups in total. The van der Waals surface area contributed by atoms with Crippen molar-refractivity contribution < 1.29 is 4.79 Å². The second-order valence-electron chi connectivity index (χ2n) is 5.54. The molecule has 1 aliphatic rings. The van der Waals surface area contributed by atoms with Crippen LogP contribution in [0.15, 0.2) is 36.7 Å². The number of carbonyl (C=O) groups excluding carboxylic acids is 1. The third kappa shape index (κ3) is 2.28. The van der Waals surface area contributed by atoms with Crippen LogP contribution in [-0.4, -0.2) is 47.3 Å². The Hall–Kier alpha value is -3.03. The van der Waals surface area contributed by atoms with Gasteiger partial charge in [-0.05, 0) is 6.92 Å². The van der Waals surface area contributed by atoms with E-state index >= 15 is 0 Å². The van der Waals surface area contributed by atoms with Crippen molar-refractivity contribution in [1.29, 1.82) is 0 Å². The molecular formula is C15H15N7O. The average molecular weight is 309 g/mol. The summed E-state index contributed by atoms with van der Waals surface area (Å²) in [4.78, 5) is 18.1. The molecule has 4 rings (SSSR count). The van der Waals surface area contributed by atoms with Gasteiger partial charge in [-0.2, -0.15) is 5.10 Å². The number of H-pyrrole nitrogens is 1. The average Bonchev–Trinajstić information content (AvgIpc) is 3.24. The van der Waals surface area contributed by atoms with Gasteiger partial charge in [-0.3, -0.25) is 9.89 Å². The molecule has 1 atom stereocenters. The van der Waals surface area contributed by atoms with E-state index in [2.05, 4.69) is 36.9 Å². The third-order valence-electron chi connectivity index (χ3n) is 3.96. The van der Waals surface area contributed by atoms with Gasteiger partial charge in [-0.1, -0.05) is 30.3 Å². The van der Waals surface area contributed by atoms with Crippen LogP contribution in [0, 0.1) is 0 Å². The van der Waals surface area contributed by atoms with Gasteiger partial charge in [0, 0.05) is 12.1 Å². The lowest BCUT2D eigenvalue weighted by Crippen LogP contribution is -2.41. The van der Waals surface area contributed by atoms with E-state index in [1.165, 1.54) is 6.33 Å². The van der Waals surface area contributed by atoms with Gasteiger partial charge in [0.05, 0.1) is 12.6 Å². The van der Waals surface area contributed by atoms with E-state index in [0.717, 1.165) is 17.2 Å². The van der Waals surface area contributed by atoms with Gasteiger partial charge in [0.2, 0.25) is 5.82 Å². The molecule has 1 aliphatic heterocycles. The smallest absolute Gasteiger partial charge is 0.291 e. The van der Waals surface area contributed by atoms with Crippen LogP contribution >= 0.6 is 0 Å². The minimum atomic E-state index is -0.176. The van der Waals surface area contributed by atoms with Gasteiger partial charge in [0.25, 0.3) is 5.91 Å². The number of hydrogen-bond acceptors (Lipinski definition) is 5. The number of aromatic amines is 1. The summed E-state index contributed by atoms with van der Waals surface area (Å²) in [5.74, 6) is 1.67. The number of nitrogens with zero attached hydrogens (tertiary/aromatic N) is 6. The molecule has 0 unspecified atom stereocenters. The second-order valence-corrected chi connectivity index (χ2v) is 5.54. The van der Waals surface area contributed by atoms with Crippen LogP contribution in [-0.2, 0) is 6.54 Å². The summed E-state index contributed by atoms with van der Waals surface area (Å²) >= 11 is 0. The molecule has 1 aromatic carbocycles. The molecule has 0 saturated heterocycles. The maximum Gasteiger partial charge on any atom is 0.291 e. The van der Waals surface area contributed by atoms with E-state index in [4.69, 9.17) is 0 Å². The van der Waals surface area contributed by atoms with E-state index in [9.17, 15) is 4.79 Å². The van der Waals surface area contributed by atoms with E-state index in [-0.39, 0.29) is 17.8 Å². The largest absolute Gasteiger partial charge is 0.326 e. The Labute approximate surface area is 132 Å². The monoisotopic (exact) mass is 309 g/mol. The molecule has 23 heavy (non-hydrogen) atoms. The Morgan fingerprint density at radius 1 is 1.26 bits per heavy atom. The van der Waals surface area contributed by atoms with E-state index in [0.29, 0.717) is 13.1 Å². The molecule has 116 valence electrons. The zero-order chi connectivity index (χ0) is 15.8. The molecule has 0 spiro atoms. The zero-order valence-corrected chi connectivity index (χ0v) is 12.5. The Morgan fingerprint density at radius 3 is 2.83 bits per heavy atom. The third-order valence-corrected chi connectivity index (χ3v) is 3.96. The first kappa shape index (κ1) is 13.6. The summed E-state index contributed by atoms with van der Waals surface area (Å²) in [6.07, 6.45) is 1.33. The van der Waals surface area contributed by atoms with Crippen molar-refractivity contribution in [3.05, 3.63) is 48.3 Å². The lowest BCUT2D eigenvalue weighted by molar-refractivity contribution is 0.0670. The summed E-state index contributed by atoms with van der Waals surface area (Å²) < 4.78 is 2.10. The molecule has 0 fully saturated rings. The number of hydrogen-bond donors (Lipinski definition) is 1. The number of benzene rings is 1. The lowest BCUT2D eigenvalue weighted by atomic mass is 10.1. The predicted octanol–water partition coefficient (Wildman–Crippen LogP) is 1.28. The highest BCUT2D eigenvalue weighted by Crippen LogP contribution is 2.27. The minimum absolute atomic E-state index is 0.0795. The number of aromatic nitrogens is 6. The number of amides is 1. The van der Waals surface area contributed by atoms with Crippen LogP contribution < -0.4 is 0 Å². The first-order valence-corrected chi connectivity index (χ1v) is 7.38. The van der Waals surface area contributed by atoms with E-state index in [1.54, 1.807) is 4.90 Å². The van der Waals surface area contributed by atoms with Crippen molar-refractivity contribution >= 4 is 5.91 Å². The van der Waals surface area contributed by atoms with Crippen LogP contribution in [0.2, 0.25) is 0 Å². The number of rotatable bonds is 2. The molecule has 8 heteroatoms. The predicted molar refractivity (Wildman–Crippen MR) is 81.3 cm³/mol. The Morgan fingerprint density at radius 2 is 2.09 bits per heavy atom. The highest BCUT2D eigenvalue weighted by atomic mass is 16.2. The summed E-state index contributed by atoms with van der Waals surface area (Å²) in [5, 5.41) is 14.9. The molecule has 0 bridgehead atoms. The van der Waals surface area contributed by atoms with Crippen LogP contribution in [0.1, 0.15) is 29.4 Å². The highest BCUT2D eigenvalue weighted by Gasteiger charge is 2.30. The highest BCUT2D eigenvalue weighted by molar-refractivity contribution is 5.90. The van der Waals surface area contributed by atoms with Crippen LogP contribution in [0.3, 0.4) is 0 Å². The van der Waals surface area contributed by atoms with Crippen LogP contribution in [0.4, 0.5) is 0 Å². The molecule has 0 aliphatic carbocycles. The molecule has 3 heterocycles. The fourth-order valence-electron chi connectivity index (χ4n) is 2.93.